The first-order valence-electron chi connectivity index (χ1n) is 7.89. The van der Waals surface area contributed by atoms with E-state index in [0.29, 0.717) is 27.0 Å². The summed E-state index contributed by atoms with van der Waals surface area (Å²) in [5, 5.41) is 4.03. The normalized spacial score (nSPS) is 15.8. The topological polar surface area (TPSA) is 77.8 Å². The number of hydrogen-bond donors (Lipinski definition) is 3. The molecule has 0 saturated carbocycles. The largest absolute Gasteiger partial charge is 0.341 e. The molecule has 7 heteroatoms. The van der Waals surface area contributed by atoms with Crippen molar-refractivity contribution in [2.24, 2.45) is 0 Å². The number of halogens is 2. The summed E-state index contributed by atoms with van der Waals surface area (Å²) in [4.78, 5) is 29.2. The number of H-pyrrole nitrogens is 2. The third-order valence-corrected chi connectivity index (χ3v) is 4.94. The van der Waals surface area contributed by atoms with Gasteiger partial charge < -0.3 is 5.32 Å². The van der Waals surface area contributed by atoms with Crippen LogP contribution >= 0.6 is 23.2 Å². The van der Waals surface area contributed by atoms with Crippen molar-refractivity contribution >= 4 is 34.7 Å². The van der Waals surface area contributed by atoms with Crippen LogP contribution in [0, 0.1) is 0 Å². The molecule has 0 bridgehead atoms. The van der Waals surface area contributed by atoms with E-state index in [2.05, 4.69) is 15.3 Å². The number of nitrogens with one attached hydrogen (secondary N) is 3. The first-order chi connectivity index (χ1) is 12.5. The number of allylic oxidation sites excluding steroid dienone is 1. The molecule has 5 nitrogen and oxygen atoms in total. The van der Waals surface area contributed by atoms with Crippen molar-refractivity contribution in [3.63, 3.8) is 0 Å². The van der Waals surface area contributed by atoms with Gasteiger partial charge in [0.05, 0.1) is 5.56 Å². The predicted molar refractivity (Wildman–Crippen MR) is 104 cm³/mol. The van der Waals surface area contributed by atoms with Crippen LogP contribution < -0.4 is 16.6 Å². The molecule has 130 valence electrons. The van der Waals surface area contributed by atoms with Crippen molar-refractivity contribution in [1.82, 2.24) is 9.97 Å². The molecule has 1 atom stereocenters. The van der Waals surface area contributed by atoms with Gasteiger partial charge in [0.15, 0.2) is 0 Å². The summed E-state index contributed by atoms with van der Waals surface area (Å²) in [5.41, 5.74) is 1.57. The van der Waals surface area contributed by atoms with Crippen molar-refractivity contribution in [3.05, 3.63) is 102 Å². The van der Waals surface area contributed by atoms with Crippen LogP contribution in [0.4, 0.5) is 5.82 Å². The molecule has 0 spiro atoms. The molecule has 4 rings (SSSR count). The maximum absolute atomic E-state index is 12.5. The third kappa shape index (κ3) is 2.85. The van der Waals surface area contributed by atoms with Crippen LogP contribution in [-0.4, -0.2) is 9.97 Å². The Kier molecular flexibility index (Phi) is 4.18. The zero-order valence-corrected chi connectivity index (χ0v) is 14.9. The third-order valence-electron chi connectivity index (χ3n) is 4.28. The Bertz CT molecular complexity index is 1110. The molecule has 2 aromatic carbocycles. The first-order valence-corrected chi connectivity index (χ1v) is 8.65. The molecule has 3 aromatic rings. The Morgan fingerprint density at radius 1 is 0.808 bits per heavy atom. The van der Waals surface area contributed by atoms with Gasteiger partial charge in [-0.25, -0.2) is 4.79 Å². The molecular formula is C19H13Cl2N3O2. The maximum Gasteiger partial charge on any atom is 0.327 e. The van der Waals surface area contributed by atoms with Gasteiger partial charge in [-0.2, -0.15) is 0 Å². The molecule has 3 N–H and O–H groups in total. The highest BCUT2D eigenvalue weighted by molar-refractivity contribution is 6.36. The molecule has 1 aromatic heterocycles. The zero-order valence-electron chi connectivity index (χ0n) is 13.3. The van der Waals surface area contributed by atoms with Gasteiger partial charge in [0.1, 0.15) is 5.82 Å². The molecule has 1 unspecified atom stereocenters. The summed E-state index contributed by atoms with van der Waals surface area (Å²) < 4.78 is 0. The Hall–Kier alpha value is -2.76. The number of rotatable bonds is 2. The van der Waals surface area contributed by atoms with E-state index < -0.39 is 17.2 Å². The SMILES string of the molecule is O=c1[nH]c2c(c(=O)[nH]1)C(c1c(Cl)cccc1Cl)C=C(c1ccccc1)N2. The van der Waals surface area contributed by atoms with Crippen LogP contribution in [0.25, 0.3) is 5.70 Å². The Morgan fingerprint density at radius 3 is 2.19 bits per heavy atom. The van der Waals surface area contributed by atoms with E-state index in [1.807, 2.05) is 36.4 Å². The van der Waals surface area contributed by atoms with E-state index in [0.717, 1.165) is 11.3 Å². The number of fused-ring (bicyclic) bond motifs is 1. The summed E-state index contributed by atoms with van der Waals surface area (Å²) >= 11 is 12.8. The van der Waals surface area contributed by atoms with Crippen LogP contribution in [0.5, 0.6) is 0 Å². The molecule has 26 heavy (non-hydrogen) atoms. The number of anilines is 1. The highest BCUT2D eigenvalue weighted by Gasteiger charge is 2.29. The lowest BCUT2D eigenvalue weighted by Gasteiger charge is -2.26. The van der Waals surface area contributed by atoms with E-state index in [1.54, 1.807) is 18.2 Å². The highest BCUT2D eigenvalue weighted by Crippen LogP contribution is 2.41. The molecular weight excluding hydrogens is 373 g/mol. The minimum absolute atomic E-state index is 0.334. The van der Waals surface area contributed by atoms with Gasteiger partial charge in [0.2, 0.25) is 0 Å². The van der Waals surface area contributed by atoms with Crippen molar-refractivity contribution in [3.8, 4) is 0 Å². The summed E-state index contributed by atoms with van der Waals surface area (Å²) in [7, 11) is 0. The van der Waals surface area contributed by atoms with Crippen molar-refractivity contribution in [2.75, 3.05) is 5.32 Å². The smallest absolute Gasteiger partial charge is 0.327 e. The van der Waals surface area contributed by atoms with Crippen molar-refractivity contribution < 1.29 is 0 Å². The van der Waals surface area contributed by atoms with Crippen LogP contribution in [0.15, 0.2) is 64.2 Å². The summed E-state index contributed by atoms with van der Waals surface area (Å²) in [6, 6.07) is 14.8. The van der Waals surface area contributed by atoms with E-state index in [-0.39, 0.29) is 0 Å². The fourth-order valence-corrected chi connectivity index (χ4v) is 3.77. The lowest BCUT2D eigenvalue weighted by atomic mass is 9.88. The minimum atomic E-state index is -0.584. The lowest BCUT2D eigenvalue weighted by molar-refractivity contribution is 0.915. The Labute approximate surface area is 158 Å². The standard InChI is InChI=1S/C19H13Cl2N3O2/c20-12-7-4-8-13(21)15(12)11-9-14(10-5-2-1-3-6-10)22-17-16(11)18(25)24-19(26)23-17/h1-9,11H,(H3,22,23,24,25,26). The van der Waals surface area contributed by atoms with Crippen LogP contribution in [-0.2, 0) is 0 Å². The number of aromatic amines is 2. The van der Waals surface area contributed by atoms with Gasteiger partial charge in [0.25, 0.3) is 5.56 Å². The van der Waals surface area contributed by atoms with Gasteiger partial charge in [-0.3, -0.25) is 14.8 Å². The van der Waals surface area contributed by atoms with Crippen LogP contribution in [0.3, 0.4) is 0 Å². The molecule has 2 heterocycles. The van der Waals surface area contributed by atoms with Crippen molar-refractivity contribution in [2.45, 2.75) is 5.92 Å². The summed E-state index contributed by atoms with van der Waals surface area (Å²) in [6.45, 7) is 0. The van der Waals surface area contributed by atoms with Gasteiger partial charge in [-0.15, -0.1) is 0 Å². The lowest BCUT2D eigenvalue weighted by Crippen LogP contribution is -2.31. The second-order valence-corrected chi connectivity index (χ2v) is 6.70. The summed E-state index contributed by atoms with van der Waals surface area (Å²) in [6.07, 6.45) is 1.89. The fourth-order valence-electron chi connectivity index (χ4n) is 3.14. The van der Waals surface area contributed by atoms with Crippen LogP contribution in [0.2, 0.25) is 10.0 Å². The average Bonchev–Trinajstić information content (AvgIpc) is 2.61. The molecule has 0 amide bonds. The molecule has 0 radical (unpaired) electrons. The highest BCUT2D eigenvalue weighted by atomic mass is 35.5. The zero-order chi connectivity index (χ0) is 18.3. The Balaban J connectivity index is 2.00. The molecule has 0 aliphatic carbocycles. The second-order valence-electron chi connectivity index (χ2n) is 5.88. The maximum atomic E-state index is 12.5. The number of benzene rings is 2. The van der Waals surface area contributed by atoms with Gasteiger partial charge in [-0.05, 0) is 23.8 Å². The number of hydrogen-bond acceptors (Lipinski definition) is 3. The summed E-state index contributed by atoms with van der Waals surface area (Å²) in [5.74, 6) is -0.177. The fraction of sp³-hybridized carbons (Fsp3) is 0.0526. The molecule has 0 fully saturated rings. The van der Waals surface area contributed by atoms with Gasteiger partial charge in [-0.1, -0.05) is 59.6 Å². The molecule has 0 saturated heterocycles. The molecule has 1 aliphatic heterocycles. The monoisotopic (exact) mass is 385 g/mol. The Morgan fingerprint density at radius 2 is 1.50 bits per heavy atom. The number of aromatic nitrogens is 2. The van der Waals surface area contributed by atoms with E-state index in [9.17, 15) is 9.59 Å². The average molecular weight is 386 g/mol. The quantitative estimate of drug-likeness (QED) is 0.624. The van der Waals surface area contributed by atoms with Gasteiger partial charge in [0, 0.05) is 27.2 Å². The van der Waals surface area contributed by atoms with Crippen LogP contribution in [0.1, 0.15) is 22.6 Å². The van der Waals surface area contributed by atoms with E-state index in [4.69, 9.17) is 23.2 Å². The predicted octanol–water partition coefficient (Wildman–Crippen LogP) is 3.97. The second kappa shape index (κ2) is 6.52. The molecule has 1 aliphatic rings. The minimum Gasteiger partial charge on any atom is -0.341 e. The van der Waals surface area contributed by atoms with E-state index in [1.165, 1.54) is 0 Å². The van der Waals surface area contributed by atoms with E-state index >= 15 is 0 Å². The first kappa shape index (κ1) is 16.7. The van der Waals surface area contributed by atoms with Crippen molar-refractivity contribution in [1.29, 1.82) is 0 Å². The van der Waals surface area contributed by atoms with Gasteiger partial charge >= 0.3 is 5.69 Å².